The highest BCUT2D eigenvalue weighted by molar-refractivity contribution is 7.84. The fourth-order valence-electron chi connectivity index (χ4n) is 1.16. The van der Waals surface area contributed by atoms with Gasteiger partial charge in [-0.1, -0.05) is 12.2 Å². The second-order valence-electron chi connectivity index (χ2n) is 3.26. The maximum Gasteiger partial charge on any atom is 0.135 e. The molecule has 0 aliphatic carbocycles. The van der Waals surface area contributed by atoms with Crippen LogP contribution >= 0.6 is 12.2 Å². The lowest BCUT2D eigenvalue weighted by molar-refractivity contribution is 0.626. The van der Waals surface area contributed by atoms with Gasteiger partial charge < -0.3 is 11.1 Å². The van der Waals surface area contributed by atoms with Crippen LogP contribution in [0.15, 0.2) is 18.2 Å². The molecule has 0 aromatic heterocycles. The monoisotopic (exact) mass is 260 g/mol. The van der Waals surface area contributed by atoms with Crippen molar-refractivity contribution < 1.29 is 8.60 Å². The number of halogens is 1. The first kappa shape index (κ1) is 13.1. The molecule has 0 amide bonds. The largest absolute Gasteiger partial charge is 0.389 e. The number of hydrogen-bond donors (Lipinski definition) is 2. The van der Waals surface area contributed by atoms with Crippen molar-refractivity contribution in [3.8, 4) is 0 Å². The highest BCUT2D eigenvalue weighted by Crippen LogP contribution is 2.14. The molecule has 3 N–H and O–H groups in total. The number of rotatable bonds is 5. The molecule has 6 heteroatoms. The van der Waals surface area contributed by atoms with Crippen LogP contribution in [0, 0.1) is 5.82 Å². The molecule has 1 aromatic carbocycles. The number of nitrogens with two attached hydrogens (primary N) is 1. The van der Waals surface area contributed by atoms with Crippen molar-refractivity contribution in [3.63, 3.8) is 0 Å². The molecule has 1 rings (SSSR count). The van der Waals surface area contributed by atoms with E-state index < -0.39 is 16.6 Å². The third-order valence-electron chi connectivity index (χ3n) is 1.95. The normalized spacial score (nSPS) is 12.1. The summed E-state index contributed by atoms with van der Waals surface area (Å²) in [4.78, 5) is 0.0405. The van der Waals surface area contributed by atoms with Gasteiger partial charge in [0.05, 0.1) is 0 Å². The average molecular weight is 260 g/mol. The number of benzene rings is 1. The first-order chi connectivity index (χ1) is 7.50. The molecule has 0 aliphatic heterocycles. The standard InChI is InChI=1S/C10H13FN2OS2/c1-16(14)5-4-13-7-2-3-8(10(12)15)9(11)6-7/h2-3,6,13H,4-5H2,1H3,(H2,12,15). The van der Waals surface area contributed by atoms with E-state index >= 15 is 0 Å². The van der Waals surface area contributed by atoms with Crippen LogP contribution in [0.3, 0.4) is 0 Å². The van der Waals surface area contributed by atoms with Gasteiger partial charge in [-0.05, 0) is 18.2 Å². The van der Waals surface area contributed by atoms with Gasteiger partial charge in [0.1, 0.15) is 10.8 Å². The Hall–Kier alpha value is -1.01. The Morgan fingerprint density at radius 3 is 2.81 bits per heavy atom. The van der Waals surface area contributed by atoms with Crippen molar-refractivity contribution in [2.24, 2.45) is 5.73 Å². The minimum Gasteiger partial charge on any atom is -0.389 e. The molecular formula is C10H13FN2OS2. The second-order valence-corrected chi connectivity index (χ2v) is 5.26. The Kier molecular flexibility index (Phi) is 4.82. The van der Waals surface area contributed by atoms with Crippen molar-refractivity contribution >= 4 is 33.7 Å². The molecular weight excluding hydrogens is 247 g/mol. The molecule has 0 fully saturated rings. The quantitative estimate of drug-likeness (QED) is 0.782. The summed E-state index contributed by atoms with van der Waals surface area (Å²) in [5.41, 5.74) is 6.20. The van der Waals surface area contributed by atoms with Crippen molar-refractivity contribution in [2.45, 2.75) is 0 Å². The van der Waals surface area contributed by atoms with Crippen LogP contribution in [0.1, 0.15) is 5.56 Å². The van der Waals surface area contributed by atoms with E-state index in [2.05, 4.69) is 5.32 Å². The molecule has 0 spiro atoms. The van der Waals surface area contributed by atoms with E-state index in [0.29, 0.717) is 18.0 Å². The molecule has 1 atom stereocenters. The summed E-state index contributed by atoms with van der Waals surface area (Å²) in [6.45, 7) is 0.537. The van der Waals surface area contributed by atoms with Crippen molar-refractivity contribution in [1.29, 1.82) is 0 Å². The molecule has 0 bridgehead atoms. The minimum atomic E-state index is -0.853. The first-order valence-electron chi connectivity index (χ1n) is 4.64. The zero-order valence-corrected chi connectivity index (χ0v) is 10.5. The van der Waals surface area contributed by atoms with Gasteiger partial charge in [-0.3, -0.25) is 4.21 Å². The summed E-state index contributed by atoms with van der Waals surface area (Å²) in [5.74, 6) is 0.0775. The Bertz CT molecular complexity index is 423. The van der Waals surface area contributed by atoms with Gasteiger partial charge in [0.15, 0.2) is 0 Å². The lowest BCUT2D eigenvalue weighted by atomic mass is 10.2. The van der Waals surface area contributed by atoms with Gasteiger partial charge in [-0.25, -0.2) is 4.39 Å². The van der Waals surface area contributed by atoms with Crippen LogP contribution in [-0.4, -0.2) is 27.8 Å². The fourth-order valence-corrected chi connectivity index (χ4v) is 1.72. The predicted molar refractivity (Wildman–Crippen MR) is 69.7 cm³/mol. The zero-order chi connectivity index (χ0) is 12.1. The molecule has 1 unspecified atom stereocenters. The van der Waals surface area contributed by atoms with Gasteiger partial charge in [-0.15, -0.1) is 0 Å². The lowest BCUT2D eigenvalue weighted by Gasteiger charge is -2.07. The maximum atomic E-state index is 13.4. The highest BCUT2D eigenvalue weighted by atomic mass is 32.2. The van der Waals surface area contributed by atoms with Gasteiger partial charge >= 0.3 is 0 Å². The number of thiocarbonyl (C=S) groups is 1. The van der Waals surface area contributed by atoms with Crippen LogP contribution in [-0.2, 0) is 10.8 Å². The summed E-state index contributed by atoms with van der Waals surface area (Å²) in [5, 5.41) is 2.97. The van der Waals surface area contributed by atoms with E-state index in [1.54, 1.807) is 12.3 Å². The van der Waals surface area contributed by atoms with Crippen molar-refractivity contribution in [2.75, 3.05) is 23.9 Å². The predicted octanol–water partition coefficient (Wildman–Crippen LogP) is 1.25. The molecule has 0 radical (unpaired) electrons. The molecule has 88 valence electrons. The average Bonchev–Trinajstić information content (AvgIpc) is 2.16. The molecule has 0 aliphatic rings. The zero-order valence-electron chi connectivity index (χ0n) is 8.83. The van der Waals surface area contributed by atoms with Gasteiger partial charge in [-0.2, -0.15) is 0 Å². The summed E-state index contributed by atoms with van der Waals surface area (Å²) in [7, 11) is -0.853. The second kappa shape index (κ2) is 5.91. The molecule has 16 heavy (non-hydrogen) atoms. The van der Waals surface area contributed by atoms with Gasteiger partial charge in [0, 0.05) is 40.6 Å². The fraction of sp³-hybridized carbons (Fsp3) is 0.300. The van der Waals surface area contributed by atoms with E-state index in [1.165, 1.54) is 12.1 Å². The maximum absolute atomic E-state index is 13.4. The van der Waals surface area contributed by atoms with Crippen LogP contribution in [0.5, 0.6) is 0 Å². The van der Waals surface area contributed by atoms with E-state index in [-0.39, 0.29) is 10.6 Å². The minimum absolute atomic E-state index is 0.0405. The van der Waals surface area contributed by atoms with Crippen LogP contribution in [0.2, 0.25) is 0 Å². The molecule has 3 nitrogen and oxygen atoms in total. The third kappa shape index (κ3) is 3.86. The van der Waals surface area contributed by atoms with Crippen LogP contribution in [0.4, 0.5) is 10.1 Å². The van der Waals surface area contributed by atoms with E-state index in [1.807, 2.05) is 0 Å². The number of anilines is 1. The third-order valence-corrected chi connectivity index (χ3v) is 2.95. The Labute approximate surface area is 102 Å². The first-order valence-corrected chi connectivity index (χ1v) is 6.77. The van der Waals surface area contributed by atoms with E-state index in [4.69, 9.17) is 18.0 Å². The molecule has 0 heterocycles. The van der Waals surface area contributed by atoms with E-state index in [9.17, 15) is 8.60 Å². The van der Waals surface area contributed by atoms with Crippen molar-refractivity contribution in [1.82, 2.24) is 0 Å². The Balaban J connectivity index is 2.66. The SMILES string of the molecule is CS(=O)CCNc1ccc(C(N)=S)c(F)c1. The van der Waals surface area contributed by atoms with E-state index in [0.717, 1.165) is 0 Å². The number of hydrogen-bond acceptors (Lipinski definition) is 3. The van der Waals surface area contributed by atoms with Gasteiger partial charge in [0.25, 0.3) is 0 Å². The van der Waals surface area contributed by atoms with Crippen molar-refractivity contribution in [3.05, 3.63) is 29.6 Å². The topological polar surface area (TPSA) is 55.1 Å². The van der Waals surface area contributed by atoms with Crippen LogP contribution in [0.25, 0.3) is 0 Å². The summed E-state index contributed by atoms with van der Waals surface area (Å²) in [6.07, 6.45) is 1.62. The smallest absolute Gasteiger partial charge is 0.135 e. The molecule has 0 saturated heterocycles. The van der Waals surface area contributed by atoms with Gasteiger partial charge in [0.2, 0.25) is 0 Å². The summed E-state index contributed by atoms with van der Waals surface area (Å²) in [6, 6.07) is 4.55. The Morgan fingerprint density at radius 2 is 2.31 bits per heavy atom. The highest BCUT2D eigenvalue weighted by Gasteiger charge is 2.05. The summed E-state index contributed by atoms with van der Waals surface area (Å²) >= 11 is 4.69. The Morgan fingerprint density at radius 1 is 1.62 bits per heavy atom. The summed E-state index contributed by atoms with van der Waals surface area (Å²) < 4.78 is 24.2. The lowest BCUT2D eigenvalue weighted by Crippen LogP contribution is -2.13. The number of nitrogens with one attached hydrogen (secondary N) is 1. The molecule has 1 aromatic rings. The van der Waals surface area contributed by atoms with Crippen LogP contribution < -0.4 is 11.1 Å². The molecule has 0 saturated carbocycles.